The normalized spacial score (nSPS) is 16.0. The molecular formula is C25H26F3N5O2. The second-order valence-corrected chi connectivity index (χ2v) is 8.43. The third-order valence-corrected chi connectivity index (χ3v) is 5.67. The third-order valence-electron chi connectivity index (χ3n) is 5.67. The van der Waals surface area contributed by atoms with Gasteiger partial charge >= 0.3 is 6.36 Å². The van der Waals surface area contributed by atoms with Crippen molar-refractivity contribution in [2.24, 2.45) is 5.92 Å². The molecule has 2 aromatic carbocycles. The minimum atomic E-state index is -4.77. The number of carbonyl (C=O) groups is 1. The SMILES string of the molecule is Cc1ccc(CNC(=O)[C@H]2CCCN(c3ccnc(Nc4cccc(OC(F)(F)F)c4)n3)C2)cc1. The highest BCUT2D eigenvalue weighted by atomic mass is 19.4. The second kappa shape index (κ2) is 10.6. The zero-order chi connectivity index (χ0) is 24.8. The molecule has 0 spiro atoms. The van der Waals surface area contributed by atoms with Crippen molar-refractivity contribution in [3.05, 3.63) is 71.9 Å². The summed E-state index contributed by atoms with van der Waals surface area (Å²) in [6, 6.07) is 15.3. The monoisotopic (exact) mass is 485 g/mol. The summed E-state index contributed by atoms with van der Waals surface area (Å²) >= 11 is 0. The maximum Gasteiger partial charge on any atom is 0.573 e. The van der Waals surface area contributed by atoms with Gasteiger partial charge in [0.25, 0.3) is 0 Å². The van der Waals surface area contributed by atoms with E-state index in [1.165, 1.54) is 23.8 Å². The Kier molecular flexibility index (Phi) is 7.38. The Labute approximate surface area is 201 Å². The van der Waals surface area contributed by atoms with Crippen LogP contribution in [0.1, 0.15) is 24.0 Å². The number of hydrogen-bond acceptors (Lipinski definition) is 6. The first-order valence-electron chi connectivity index (χ1n) is 11.3. The summed E-state index contributed by atoms with van der Waals surface area (Å²) in [6.07, 6.45) is -1.57. The van der Waals surface area contributed by atoms with Crippen LogP contribution in [0.5, 0.6) is 5.75 Å². The largest absolute Gasteiger partial charge is 0.573 e. The molecule has 1 atom stereocenters. The molecule has 0 radical (unpaired) electrons. The molecule has 0 bridgehead atoms. The van der Waals surface area contributed by atoms with Gasteiger partial charge in [-0.15, -0.1) is 13.2 Å². The molecule has 1 saturated heterocycles. The van der Waals surface area contributed by atoms with E-state index >= 15 is 0 Å². The number of benzene rings is 2. The Morgan fingerprint density at radius 1 is 1.17 bits per heavy atom. The number of aryl methyl sites for hydroxylation is 1. The molecule has 1 amide bonds. The molecule has 0 unspecified atom stereocenters. The van der Waals surface area contributed by atoms with E-state index in [1.807, 2.05) is 36.1 Å². The summed E-state index contributed by atoms with van der Waals surface area (Å²) in [7, 11) is 0. The average Bonchev–Trinajstić information content (AvgIpc) is 2.83. The fraction of sp³-hybridized carbons (Fsp3) is 0.320. The van der Waals surface area contributed by atoms with Gasteiger partial charge in [0.15, 0.2) is 0 Å². The van der Waals surface area contributed by atoms with E-state index in [2.05, 4.69) is 25.3 Å². The number of aromatic nitrogens is 2. The third kappa shape index (κ3) is 7.08. The number of nitrogens with one attached hydrogen (secondary N) is 2. The zero-order valence-electron chi connectivity index (χ0n) is 19.2. The van der Waals surface area contributed by atoms with Crippen molar-refractivity contribution < 1.29 is 22.7 Å². The molecule has 7 nitrogen and oxygen atoms in total. The van der Waals surface area contributed by atoms with Gasteiger partial charge in [0.1, 0.15) is 11.6 Å². The van der Waals surface area contributed by atoms with Gasteiger partial charge in [0.2, 0.25) is 11.9 Å². The van der Waals surface area contributed by atoms with E-state index in [0.717, 1.165) is 24.9 Å². The standard InChI is InChI=1S/C25H26F3N5O2/c1-17-7-9-18(10-8-17)15-30-23(34)19-4-3-13-33(16-19)22-11-12-29-24(32-22)31-20-5-2-6-21(14-20)35-25(26,27)28/h2,5-12,14,19H,3-4,13,15-16H2,1H3,(H,30,34)(H,29,31,32)/t19-/m0/s1. The first kappa shape index (κ1) is 24.3. The molecule has 0 aliphatic carbocycles. The number of halogens is 3. The molecule has 4 rings (SSSR count). The Balaban J connectivity index is 1.37. The van der Waals surface area contributed by atoms with Crippen LogP contribution in [-0.4, -0.2) is 35.3 Å². The highest BCUT2D eigenvalue weighted by Crippen LogP contribution is 2.27. The second-order valence-electron chi connectivity index (χ2n) is 8.43. The predicted octanol–water partition coefficient (Wildman–Crippen LogP) is 4.96. The van der Waals surface area contributed by atoms with E-state index in [-0.39, 0.29) is 23.5 Å². The average molecular weight is 486 g/mol. The van der Waals surface area contributed by atoms with Crippen molar-refractivity contribution in [1.29, 1.82) is 0 Å². The van der Waals surface area contributed by atoms with Gasteiger partial charge < -0.3 is 20.3 Å². The number of rotatable bonds is 7. The van der Waals surface area contributed by atoms with Crippen molar-refractivity contribution in [3.8, 4) is 5.75 Å². The lowest BCUT2D eigenvalue weighted by atomic mass is 9.97. The van der Waals surface area contributed by atoms with E-state index < -0.39 is 6.36 Å². The molecule has 1 aromatic heterocycles. The smallest absolute Gasteiger partial charge is 0.406 e. The summed E-state index contributed by atoms with van der Waals surface area (Å²) < 4.78 is 41.4. The van der Waals surface area contributed by atoms with Gasteiger partial charge in [-0.25, -0.2) is 4.98 Å². The highest BCUT2D eigenvalue weighted by Gasteiger charge is 2.31. The fourth-order valence-corrected chi connectivity index (χ4v) is 3.92. The van der Waals surface area contributed by atoms with E-state index in [1.54, 1.807) is 18.3 Å². The first-order valence-corrected chi connectivity index (χ1v) is 11.3. The van der Waals surface area contributed by atoms with Crippen LogP contribution < -0.4 is 20.3 Å². The highest BCUT2D eigenvalue weighted by molar-refractivity contribution is 5.79. The van der Waals surface area contributed by atoms with Gasteiger partial charge in [0.05, 0.1) is 5.92 Å². The number of nitrogens with zero attached hydrogens (tertiary/aromatic N) is 3. The van der Waals surface area contributed by atoms with Crippen molar-refractivity contribution >= 4 is 23.4 Å². The number of ether oxygens (including phenoxy) is 1. The minimum absolute atomic E-state index is 0.00385. The topological polar surface area (TPSA) is 79.4 Å². The van der Waals surface area contributed by atoms with Gasteiger partial charge in [-0.3, -0.25) is 4.79 Å². The molecule has 1 aliphatic rings. The number of alkyl halides is 3. The van der Waals surface area contributed by atoms with Crippen molar-refractivity contribution in [2.75, 3.05) is 23.3 Å². The van der Waals surface area contributed by atoms with E-state index in [0.29, 0.717) is 24.6 Å². The van der Waals surface area contributed by atoms with Gasteiger partial charge in [-0.2, -0.15) is 4.98 Å². The van der Waals surface area contributed by atoms with Crippen LogP contribution in [0.3, 0.4) is 0 Å². The number of hydrogen-bond donors (Lipinski definition) is 2. The Hall–Kier alpha value is -3.82. The molecule has 1 aliphatic heterocycles. The molecule has 10 heteroatoms. The summed E-state index contributed by atoms with van der Waals surface area (Å²) in [6.45, 7) is 3.76. The van der Waals surface area contributed by atoms with Gasteiger partial charge in [-0.05, 0) is 43.5 Å². The quantitative estimate of drug-likeness (QED) is 0.493. The molecule has 0 saturated carbocycles. The fourth-order valence-electron chi connectivity index (χ4n) is 3.92. The lowest BCUT2D eigenvalue weighted by Gasteiger charge is -2.33. The molecule has 2 heterocycles. The van der Waals surface area contributed by atoms with Crippen LogP contribution in [0.4, 0.5) is 30.6 Å². The summed E-state index contributed by atoms with van der Waals surface area (Å²) in [4.78, 5) is 23.5. The summed E-state index contributed by atoms with van der Waals surface area (Å²) in [5, 5.41) is 5.93. The zero-order valence-corrected chi connectivity index (χ0v) is 19.2. The molecular weight excluding hydrogens is 459 g/mol. The van der Waals surface area contributed by atoms with Crippen LogP contribution in [-0.2, 0) is 11.3 Å². The number of anilines is 3. The Bertz CT molecular complexity index is 1150. The van der Waals surface area contributed by atoms with E-state index in [4.69, 9.17) is 0 Å². The molecule has 1 fully saturated rings. The van der Waals surface area contributed by atoms with Crippen LogP contribution in [0, 0.1) is 12.8 Å². The first-order chi connectivity index (χ1) is 16.7. The van der Waals surface area contributed by atoms with Gasteiger partial charge in [0, 0.05) is 37.6 Å². The molecule has 3 aromatic rings. The lowest BCUT2D eigenvalue weighted by Crippen LogP contribution is -2.43. The maximum atomic E-state index is 12.8. The lowest BCUT2D eigenvalue weighted by molar-refractivity contribution is -0.274. The Morgan fingerprint density at radius 2 is 1.97 bits per heavy atom. The van der Waals surface area contributed by atoms with Crippen LogP contribution in [0.15, 0.2) is 60.8 Å². The number of piperidine rings is 1. The molecule has 184 valence electrons. The number of amides is 1. The van der Waals surface area contributed by atoms with Crippen LogP contribution in [0.25, 0.3) is 0 Å². The minimum Gasteiger partial charge on any atom is -0.406 e. The molecule has 2 N–H and O–H groups in total. The van der Waals surface area contributed by atoms with Crippen molar-refractivity contribution in [1.82, 2.24) is 15.3 Å². The Morgan fingerprint density at radius 3 is 2.74 bits per heavy atom. The summed E-state index contributed by atoms with van der Waals surface area (Å²) in [5.41, 5.74) is 2.58. The van der Waals surface area contributed by atoms with Crippen LogP contribution >= 0.6 is 0 Å². The summed E-state index contributed by atoms with van der Waals surface area (Å²) in [5.74, 6) is 0.369. The molecule has 35 heavy (non-hydrogen) atoms. The maximum absolute atomic E-state index is 12.8. The van der Waals surface area contributed by atoms with Crippen molar-refractivity contribution in [2.45, 2.75) is 32.7 Å². The number of carbonyl (C=O) groups excluding carboxylic acids is 1. The van der Waals surface area contributed by atoms with Gasteiger partial charge in [-0.1, -0.05) is 35.9 Å². The van der Waals surface area contributed by atoms with Crippen LogP contribution in [0.2, 0.25) is 0 Å². The van der Waals surface area contributed by atoms with E-state index in [9.17, 15) is 18.0 Å². The van der Waals surface area contributed by atoms with Crippen molar-refractivity contribution in [3.63, 3.8) is 0 Å². The predicted molar refractivity (Wildman–Crippen MR) is 126 cm³/mol.